The fraction of sp³-hybridized carbons (Fsp3) is 0.400. The minimum absolute atomic E-state index is 0.342. The number of carbonyl (C=O) groups is 1. The molecule has 0 saturated heterocycles. The number of ether oxygens (including phenoxy) is 1. The lowest BCUT2D eigenvalue weighted by atomic mass is 10.1. The number of carbonyl (C=O) groups excluding carboxylic acids is 1. The Morgan fingerprint density at radius 2 is 2.11 bits per heavy atom. The highest BCUT2D eigenvalue weighted by molar-refractivity contribution is 6.29. The zero-order valence-corrected chi connectivity index (χ0v) is 12.4. The Morgan fingerprint density at radius 3 is 2.68 bits per heavy atom. The van der Waals surface area contributed by atoms with Gasteiger partial charge in [0, 0.05) is 11.1 Å². The van der Waals surface area contributed by atoms with E-state index in [1.165, 1.54) is 5.54 Å². The van der Waals surface area contributed by atoms with Crippen LogP contribution in [0.4, 0.5) is 10.5 Å². The van der Waals surface area contributed by atoms with Gasteiger partial charge in [0.15, 0.2) is 0 Å². The highest BCUT2D eigenvalue weighted by atomic mass is 35.5. The molecule has 1 heterocycles. The molecule has 1 aromatic carbocycles. The van der Waals surface area contributed by atoms with E-state index in [0.717, 1.165) is 22.4 Å². The second-order valence-electron chi connectivity index (χ2n) is 5.72. The first-order chi connectivity index (χ1) is 8.81. The molecule has 102 valence electrons. The summed E-state index contributed by atoms with van der Waals surface area (Å²) in [5, 5.41) is 0. The van der Waals surface area contributed by atoms with Crippen LogP contribution in [0.5, 0.6) is 0 Å². The number of hydrogen-bond donors (Lipinski definition) is 0. The molecule has 1 aromatic rings. The zero-order chi connectivity index (χ0) is 14.2. The van der Waals surface area contributed by atoms with E-state index in [4.69, 9.17) is 16.3 Å². The lowest BCUT2D eigenvalue weighted by Crippen LogP contribution is -2.35. The van der Waals surface area contributed by atoms with Crippen molar-refractivity contribution >= 4 is 29.0 Å². The molecule has 0 unspecified atom stereocenters. The van der Waals surface area contributed by atoms with Gasteiger partial charge >= 0.3 is 6.09 Å². The zero-order valence-electron chi connectivity index (χ0n) is 11.7. The van der Waals surface area contributed by atoms with Gasteiger partial charge in [-0.2, -0.15) is 0 Å². The molecule has 4 heteroatoms. The van der Waals surface area contributed by atoms with Crippen LogP contribution in [0.1, 0.15) is 31.9 Å². The van der Waals surface area contributed by atoms with Crippen LogP contribution >= 0.6 is 11.6 Å². The van der Waals surface area contributed by atoms with Gasteiger partial charge in [0.1, 0.15) is 5.60 Å². The highest BCUT2D eigenvalue weighted by Crippen LogP contribution is 2.37. The monoisotopic (exact) mass is 279 g/mol. The summed E-state index contributed by atoms with van der Waals surface area (Å²) in [7, 11) is 0. The molecule has 2 rings (SSSR count). The Bertz CT molecular complexity index is 544. The van der Waals surface area contributed by atoms with Crippen molar-refractivity contribution in [1.82, 2.24) is 0 Å². The Kier molecular flexibility index (Phi) is 3.59. The third-order valence-corrected chi connectivity index (χ3v) is 3.13. The Morgan fingerprint density at radius 1 is 1.42 bits per heavy atom. The summed E-state index contributed by atoms with van der Waals surface area (Å²) in [6.45, 7) is 8.04. The second kappa shape index (κ2) is 4.89. The van der Waals surface area contributed by atoms with Crippen LogP contribution in [-0.4, -0.2) is 18.2 Å². The molecule has 1 aliphatic heterocycles. The van der Waals surface area contributed by atoms with E-state index in [-0.39, 0.29) is 6.09 Å². The fourth-order valence-electron chi connectivity index (χ4n) is 2.06. The normalized spacial score (nSPS) is 16.7. The van der Waals surface area contributed by atoms with E-state index in [9.17, 15) is 4.79 Å². The second-order valence-corrected chi connectivity index (χ2v) is 5.94. The summed E-state index contributed by atoms with van der Waals surface area (Å²) < 4.78 is 5.42. The molecule has 0 bridgehead atoms. The first-order valence-corrected chi connectivity index (χ1v) is 6.66. The minimum atomic E-state index is -0.505. The molecule has 0 aromatic heterocycles. The molecule has 1 aliphatic rings. The Hall–Kier alpha value is -1.48. The number of fused-ring (bicyclic) bond motifs is 1. The number of benzene rings is 1. The molecule has 0 fully saturated rings. The van der Waals surface area contributed by atoms with Gasteiger partial charge in [-0.25, -0.2) is 4.79 Å². The van der Waals surface area contributed by atoms with E-state index >= 15 is 0 Å². The number of halogens is 1. The van der Waals surface area contributed by atoms with Crippen LogP contribution < -0.4 is 4.90 Å². The predicted molar refractivity (Wildman–Crippen MR) is 78.6 cm³/mol. The van der Waals surface area contributed by atoms with Crippen molar-refractivity contribution in [1.29, 1.82) is 0 Å². The molecule has 0 N–H and O–H groups in total. The van der Waals surface area contributed by atoms with Crippen molar-refractivity contribution in [2.24, 2.45) is 0 Å². The third kappa shape index (κ3) is 2.92. The van der Waals surface area contributed by atoms with Gasteiger partial charge in [-0.15, -0.1) is 0 Å². The summed E-state index contributed by atoms with van der Waals surface area (Å²) >= 11 is 5.85. The Labute approximate surface area is 118 Å². The number of amides is 1. The van der Waals surface area contributed by atoms with E-state index < -0.39 is 5.60 Å². The van der Waals surface area contributed by atoms with Crippen LogP contribution in [0.25, 0.3) is 5.57 Å². The standard InChI is InChI=1S/C15H18ClNO2/c1-10-5-6-13-12(7-10)11(8-16)9-17(13)14(18)19-15(2,3)4/h5-8H,9H2,1-4H3/b11-8-. The number of rotatable bonds is 0. The molecule has 0 saturated carbocycles. The maximum absolute atomic E-state index is 12.2. The summed E-state index contributed by atoms with van der Waals surface area (Å²) in [6.07, 6.45) is -0.342. The van der Waals surface area contributed by atoms with Gasteiger partial charge in [-0.1, -0.05) is 23.2 Å². The quantitative estimate of drug-likeness (QED) is 0.707. The van der Waals surface area contributed by atoms with Gasteiger partial charge in [0.2, 0.25) is 0 Å². The summed E-state index contributed by atoms with van der Waals surface area (Å²) in [5.74, 6) is 0. The molecule has 0 aliphatic carbocycles. The van der Waals surface area contributed by atoms with Crippen molar-refractivity contribution < 1.29 is 9.53 Å². The maximum atomic E-state index is 12.2. The first-order valence-electron chi connectivity index (χ1n) is 6.22. The van der Waals surface area contributed by atoms with Crippen molar-refractivity contribution in [2.45, 2.75) is 33.3 Å². The summed E-state index contributed by atoms with van der Waals surface area (Å²) in [4.78, 5) is 13.8. The molecule has 3 nitrogen and oxygen atoms in total. The van der Waals surface area contributed by atoms with Crippen molar-refractivity contribution in [3.63, 3.8) is 0 Å². The SMILES string of the molecule is Cc1ccc2c(c1)/C(=C\Cl)CN2C(=O)OC(C)(C)C. The van der Waals surface area contributed by atoms with Crippen LogP contribution in [0.15, 0.2) is 23.7 Å². The van der Waals surface area contributed by atoms with E-state index in [1.54, 1.807) is 4.90 Å². The van der Waals surface area contributed by atoms with Crippen molar-refractivity contribution in [3.8, 4) is 0 Å². The number of nitrogens with zero attached hydrogens (tertiary/aromatic N) is 1. The predicted octanol–water partition coefficient (Wildman–Crippen LogP) is 4.33. The van der Waals surface area contributed by atoms with E-state index in [1.807, 2.05) is 45.9 Å². The molecule has 19 heavy (non-hydrogen) atoms. The molecule has 0 radical (unpaired) electrons. The van der Waals surface area contributed by atoms with Gasteiger partial charge in [0.25, 0.3) is 0 Å². The van der Waals surface area contributed by atoms with Gasteiger partial charge < -0.3 is 4.74 Å². The van der Waals surface area contributed by atoms with Crippen molar-refractivity contribution in [3.05, 3.63) is 34.9 Å². The average Bonchev–Trinajstić information content (AvgIpc) is 2.64. The smallest absolute Gasteiger partial charge is 0.415 e. The van der Waals surface area contributed by atoms with Gasteiger partial charge in [-0.05, 0) is 45.4 Å². The summed E-state index contributed by atoms with van der Waals surface area (Å²) in [5.41, 5.74) is 4.96. The molecule has 0 spiro atoms. The molecule has 1 amide bonds. The molecular formula is C15H18ClNO2. The molecular weight excluding hydrogens is 262 g/mol. The van der Waals surface area contributed by atoms with E-state index in [2.05, 4.69) is 0 Å². The lowest BCUT2D eigenvalue weighted by molar-refractivity contribution is 0.0586. The minimum Gasteiger partial charge on any atom is -0.443 e. The third-order valence-electron chi connectivity index (χ3n) is 2.86. The van der Waals surface area contributed by atoms with Gasteiger partial charge in [-0.3, -0.25) is 4.90 Å². The van der Waals surface area contributed by atoms with Crippen LogP contribution in [0, 0.1) is 6.92 Å². The van der Waals surface area contributed by atoms with E-state index in [0.29, 0.717) is 6.54 Å². The fourth-order valence-corrected chi connectivity index (χ4v) is 2.24. The lowest BCUT2D eigenvalue weighted by Gasteiger charge is -2.24. The number of aryl methyl sites for hydroxylation is 1. The number of anilines is 1. The highest BCUT2D eigenvalue weighted by Gasteiger charge is 2.31. The van der Waals surface area contributed by atoms with Crippen LogP contribution in [0.2, 0.25) is 0 Å². The molecule has 0 atom stereocenters. The maximum Gasteiger partial charge on any atom is 0.415 e. The van der Waals surface area contributed by atoms with Crippen molar-refractivity contribution in [2.75, 3.05) is 11.4 Å². The van der Waals surface area contributed by atoms with Gasteiger partial charge in [0.05, 0.1) is 12.2 Å². The van der Waals surface area contributed by atoms with Crippen LogP contribution in [0.3, 0.4) is 0 Å². The first kappa shape index (κ1) is 13.9. The summed E-state index contributed by atoms with van der Waals surface area (Å²) in [6, 6.07) is 5.95. The topological polar surface area (TPSA) is 29.5 Å². The Balaban J connectivity index is 2.35. The van der Waals surface area contributed by atoms with Crippen LogP contribution in [-0.2, 0) is 4.74 Å². The average molecular weight is 280 g/mol. The largest absolute Gasteiger partial charge is 0.443 e. The number of hydrogen-bond acceptors (Lipinski definition) is 2.